The highest BCUT2D eigenvalue weighted by Gasteiger charge is 2.15. The molecule has 0 aliphatic heterocycles. The zero-order chi connectivity index (χ0) is 36.3. The van der Waals surface area contributed by atoms with Gasteiger partial charge in [0.1, 0.15) is 0 Å². The molecule has 0 atom stereocenters. The molecule has 51 heavy (non-hydrogen) atoms. The van der Waals surface area contributed by atoms with Gasteiger partial charge in [-0.15, -0.1) is 0 Å². The van der Waals surface area contributed by atoms with Crippen LogP contribution in [0.2, 0.25) is 0 Å². The van der Waals surface area contributed by atoms with Gasteiger partial charge in [-0.3, -0.25) is 9.59 Å². The number of carboxylic acids is 2. The predicted molar refractivity (Wildman–Crippen MR) is 206 cm³/mol. The van der Waals surface area contributed by atoms with E-state index in [4.69, 9.17) is 23.4 Å². The zero-order valence-corrected chi connectivity index (χ0v) is 28.0. The van der Waals surface area contributed by atoms with E-state index in [0.29, 0.717) is 11.1 Å². The normalized spacial score (nSPS) is 11.7. The van der Waals surface area contributed by atoms with Gasteiger partial charge in [-0.1, -0.05) is 109 Å². The van der Waals surface area contributed by atoms with Crippen molar-refractivity contribution in [3.05, 3.63) is 194 Å². The smallest absolute Gasteiger partial charge is 0.333 e. The summed E-state index contributed by atoms with van der Waals surface area (Å²) in [5.74, 6) is -2.49. The van der Waals surface area contributed by atoms with E-state index in [-0.39, 0.29) is 11.4 Å². The summed E-state index contributed by atoms with van der Waals surface area (Å²) in [6, 6.07) is 37.6. The van der Waals surface area contributed by atoms with Gasteiger partial charge in [-0.2, -0.15) is 0 Å². The highest BCUT2D eigenvalue weighted by molar-refractivity contribution is 5.94. The largest absolute Gasteiger partial charge is 0.486 e. The Morgan fingerprint density at radius 2 is 0.863 bits per heavy atom. The molecule has 0 aromatic heterocycles. The van der Waals surface area contributed by atoms with Gasteiger partial charge in [0.15, 0.2) is 0 Å². The predicted octanol–water partition coefficient (Wildman–Crippen LogP) is 10.8. The van der Waals surface area contributed by atoms with E-state index in [1.165, 1.54) is 23.3 Å². The standard InChI is InChI=1S/C44H33N3O4/c1-30-6-5-7-42(31(30)2)47(38-24-20-34(21-25-38)10-8-32-12-16-36(17-13-32)28-40(45-3)43(48)49)39-26-22-35(23-27-39)11-9-33-14-18-37(19-15-33)29-41(46-4)44(50)51/h5-29H,1-2H3,(H,48,49)(H,50,51). The molecule has 7 nitrogen and oxygen atoms in total. The van der Waals surface area contributed by atoms with Gasteiger partial charge in [-0.05, 0) is 101 Å². The number of hydrogen-bond acceptors (Lipinski definition) is 3. The summed E-state index contributed by atoms with van der Waals surface area (Å²) < 4.78 is 0. The minimum absolute atomic E-state index is 0.326. The first-order chi connectivity index (χ1) is 24.6. The van der Waals surface area contributed by atoms with Crippen molar-refractivity contribution in [2.45, 2.75) is 13.8 Å². The van der Waals surface area contributed by atoms with E-state index in [2.05, 4.69) is 95.2 Å². The van der Waals surface area contributed by atoms with E-state index in [1.807, 2.05) is 48.6 Å². The van der Waals surface area contributed by atoms with E-state index < -0.39 is 11.9 Å². The molecule has 2 N–H and O–H groups in total. The fraction of sp³-hybridized carbons (Fsp3) is 0.0455. The Bertz CT molecular complexity index is 2130. The van der Waals surface area contributed by atoms with Crippen molar-refractivity contribution in [1.82, 2.24) is 0 Å². The van der Waals surface area contributed by atoms with Crippen LogP contribution in [0.1, 0.15) is 44.5 Å². The highest BCUT2D eigenvalue weighted by atomic mass is 16.4. The fourth-order valence-electron chi connectivity index (χ4n) is 5.27. The van der Waals surface area contributed by atoms with Crippen molar-refractivity contribution in [3.63, 3.8) is 0 Å². The average molecular weight is 668 g/mol. The van der Waals surface area contributed by atoms with Crippen LogP contribution in [-0.4, -0.2) is 22.2 Å². The third-order valence-electron chi connectivity index (χ3n) is 8.21. The molecule has 0 aliphatic rings. The van der Waals surface area contributed by atoms with E-state index >= 15 is 0 Å². The lowest BCUT2D eigenvalue weighted by Gasteiger charge is -2.28. The Morgan fingerprint density at radius 3 is 1.20 bits per heavy atom. The van der Waals surface area contributed by atoms with Gasteiger partial charge in [0, 0.05) is 17.1 Å². The van der Waals surface area contributed by atoms with E-state index in [0.717, 1.165) is 39.3 Å². The third kappa shape index (κ3) is 9.03. The molecule has 5 aromatic carbocycles. The lowest BCUT2D eigenvalue weighted by molar-refractivity contribution is -0.133. The summed E-state index contributed by atoms with van der Waals surface area (Å²) in [7, 11) is 0. The topological polar surface area (TPSA) is 86.6 Å². The minimum Gasteiger partial charge on any atom is -0.486 e. The number of carboxylic acid groups (broad SMARTS) is 2. The molecule has 0 fully saturated rings. The summed E-state index contributed by atoms with van der Waals surface area (Å²) in [6.07, 6.45) is 10.7. The molecule has 7 heteroatoms. The quantitative estimate of drug-likeness (QED) is 0.0832. The van der Waals surface area contributed by atoms with Crippen LogP contribution >= 0.6 is 0 Å². The number of aryl methyl sites for hydroxylation is 1. The SMILES string of the molecule is [C-]#[N+]C(=Cc1ccc(C=Cc2ccc(N(c3ccc(C=Cc4ccc(C=C([N+]#[C-])C(=O)O)cc4)cc3)c3cccc(C)c3C)cc2)cc1)C(=O)O. The third-order valence-corrected chi connectivity index (χ3v) is 8.21. The fourth-order valence-corrected chi connectivity index (χ4v) is 5.27. The number of anilines is 3. The molecule has 0 saturated carbocycles. The van der Waals surface area contributed by atoms with Crippen molar-refractivity contribution in [3.8, 4) is 0 Å². The Hall–Kier alpha value is -7.22. The maximum atomic E-state index is 11.1. The van der Waals surface area contributed by atoms with Crippen LogP contribution in [0.5, 0.6) is 0 Å². The maximum Gasteiger partial charge on any atom is 0.333 e. The van der Waals surface area contributed by atoms with Gasteiger partial charge in [0.2, 0.25) is 0 Å². The van der Waals surface area contributed by atoms with E-state index in [9.17, 15) is 9.59 Å². The summed E-state index contributed by atoms with van der Waals surface area (Å²) in [5.41, 5.74) is 10.0. The molecule has 248 valence electrons. The molecular formula is C44H33N3O4. The van der Waals surface area contributed by atoms with Crippen molar-refractivity contribution < 1.29 is 19.8 Å². The summed E-state index contributed by atoms with van der Waals surface area (Å²) in [6.45, 7) is 18.3. The van der Waals surface area contributed by atoms with E-state index in [1.54, 1.807) is 24.3 Å². The molecule has 5 rings (SSSR count). The Morgan fingerprint density at radius 1 is 0.529 bits per heavy atom. The number of rotatable bonds is 11. The summed E-state index contributed by atoms with van der Waals surface area (Å²) >= 11 is 0. The lowest BCUT2D eigenvalue weighted by atomic mass is 10.0. The van der Waals surface area contributed by atoms with Crippen LogP contribution in [0, 0.1) is 27.0 Å². The van der Waals surface area contributed by atoms with Crippen LogP contribution in [-0.2, 0) is 9.59 Å². The Balaban J connectivity index is 1.35. The molecule has 0 radical (unpaired) electrons. The van der Waals surface area contributed by atoms with Crippen LogP contribution in [0.25, 0.3) is 46.1 Å². The number of aliphatic carboxylic acids is 2. The monoisotopic (exact) mass is 667 g/mol. The van der Waals surface area contributed by atoms with Crippen molar-refractivity contribution in [2.24, 2.45) is 0 Å². The summed E-state index contributed by atoms with van der Waals surface area (Å²) in [5, 5.41) is 18.2. The molecule has 0 spiro atoms. The van der Waals surface area contributed by atoms with Crippen molar-refractivity contribution in [2.75, 3.05) is 4.90 Å². The Labute approximate surface area is 297 Å². The number of benzene rings is 5. The van der Waals surface area contributed by atoms with Gasteiger partial charge in [-0.25, -0.2) is 9.69 Å². The Kier molecular flexibility index (Phi) is 11.2. The lowest BCUT2D eigenvalue weighted by Crippen LogP contribution is -2.11. The second-order valence-electron chi connectivity index (χ2n) is 11.6. The minimum atomic E-state index is -1.24. The van der Waals surface area contributed by atoms with Gasteiger partial charge < -0.3 is 15.1 Å². The maximum absolute atomic E-state index is 11.1. The molecule has 5 aromatic rings. The first-order valence-corrected chi connectivity index (χ1v) is 15.9. The van der Waals surface area contributed by atoms with Crippen LogP contribution in [0.15, 0.2) is 127 Å². The van der Waals surface area contributed by atoms with Gasteiger partial charge in [0.05, 0.1) is 13.1 Å². The average Bonchev–Trinajstić information content (AvgIpc) is 3.14. The van der Waals surface area contributed by atoms with Gasteiger partial charge >= 0.3 is 11.9 Å². The van der Waals surface area contributed by atoms with Crippen molar-refractivity contribution in [1.29, 1.82) is 0 Å². The molecule has 0 saturated heterocycles. The zero-order valence-electron chi connectivity index (χ0n) is 28.0. The highest BCUT2D eigenvalue weighted by Crippen LogP contribution is 2.37. The number of hydrogen-bond donors (Lipinski definition) is 2. The van der Waals surface area contributed by atoms with Crippen molar-refractivity contribution >= 4 is 65.5 Å². The molecular weight excluding hydrogens is 635 g/mol. The first-order valence-electron chi connectivity index (χ1n) is 15.9. The molecule has 0 amide bonds. The first kappa shape index (κ1) is 35.1. The molecule has 0 heterocycles. The van der Waals surface area contributed by atoms with Crippen LogP contribution in [0.3, 0.4) is 0 Å². The van der Waals surface area contributed by atoms with Crippen LogP contribution < -0.4 is 4.90 Å². The molecule has 0 bridgehead atoms. The molecule has 0 unspecified atom stereocenters. The summed E-state index contributed by atoms with van der Waals surface area (Å²) in [4.78, 5) is 30.6. The number of carbonyl (C=O) groups is 2. The van der Waals surface area contributed by atoms with Gasteiger partial charge in [0.25, 0.3) is 11.4 Å². The van der Waals surface area contributed by atoms with Crippen LogP contribution in [0.4, 0.5) is 17.1 Å². The number of nitrogens with zero attached hydrogens (tertiary/aromatic N) is 3. The second kappa shape index (κ2) is 16.3. The molecule has 0 aliphatic carbocycles. The second-order valence-corrected chi connectivity index (χ2v) is 11.6.